The molecule has 1 aliphatic carbocycles. The minimum atomic E-state index is -0.209. The van der Waals surface area contributed by atoms with Gasteiger partial charge in [-0.2, -0.15) is 0 Å². The largest absolute Gasteiger partial charge is 0.453 e. The standard InChI is InChI=1S/C10H19NO2/c1-8-5-4-6-9(7-8)11(2)10(12)13-3/h8-9H,4-7H2,1-3H3. The second kappa shape index (κ2) is 4.49. The Morgan fingerprint density at radius 2 is 2.15 bits per heavy atom. The quantitative estimate of drug-likeness (QED) is 0.627. The number of carbonyl (C=O) groups is 1. The summed E-state index contributed by atoms with van der Waals surface area (Å²) in [5, 5.41) is 0. The monoisotopic (exact) mass is 185 g/mol. The second-order valence-electron chi connectivity index (χ2n) is 4.01. The van der Waals surface area contributed by atoms with E-state index < -0.39 is 0 Å². The van der Waals surface area contributed by atoms with Crippen LogP contribution in [0.15, 0.2) is 0 Å². The van der Waals surface area contributed by atoms with Crippen molar-refractivity contribution in [2.45, 2.75) is 38.6 Å². The minimum Gasteiger partial charge on any atom is -0.453 e. The Morgan fingerprint density at radius 3 is 2.69 bits per heavy atom. The van der Waals surface area contributed by atoms with Crippen LogP contribution >= 0.6 is 0 Å². The van der Waals surface area contributed by atoms with E-state index in [9.17, 15) is 4.79 Å². The summed E-state index contributed by atoms with van der Waals surface area (Å²) < 4.78 is 4.69. The maximum absolute atomic E-state index is 11.2. The van der Waals surface area contributed by atoms with Crippen molar-refractivity contribution in [3.05, 3.63) is 0 Å². The van der Waals surface area contributed by atoms with E-state index in [2.05, 4.69) is 11.7 Å². The number of nitrogens with zero attached hydrogens (tertiary/aromatic N) is 1. The molecular formula is C10H19NO2. The molecule has 0 saturated heterocycles. The van der Waals surface area contributed by atoms with Gasteiger partial charge in [0, 0.05) is 13.1 Å². The van der Waals surface area contributed by atoms with Crippen molar-refractivity contribution in [1.29, 1.82) is 0 Å². The molecule has 0 spiro atoms. The zero-order valence-electron chi connectivity index (χ0n) is 8.75. The molecule has 1 fully saturated rings. The molecule has 0 aromatic rings. The summed E-state index contributed by atoms with van der Waals surface area (Å²) in [4.78, 5) is 13.0. The highest BCUT2D eigenvalue weighted by molar-refractivity contribution is 5.67. The minimum absolute atomic E-state index is 0.209. The summed E-state index contributed by atoms with van der Waals surface area (Å²) in [5.74, 6) is 0.742. The highest BCUT2D eigenvalue weighted by atomic mass is 16.5. The smallest absolute Gasteiger partial charge is 0.409 e. The van der Waals surface area contributed by atoms with Crippen LogP contribution in [0, 0.1) is 5.92 Å². The molecule has 3 nitrogen and oxygen atoms in total. The van der Waals surface area contributed by atoms with E-state index in [1.165, 1.54) is 20.0 Å². The van der Waals surface area contributed by atoms with Crippen molar-refractivity contribution in [3.8, 4) is 0 Å². The summed E-state index contributed by atoms with van der Waals surface area (Å²) >= 11 is 0. The highest BCUT2D eigenvalue weighted by Crippen LogP contribution is 2.26. The lowest BCUT2D eigenvalue weighted by Gasteiger charge is -2.33. The molecule has 2 unspecified atom stereocenters. The van der Waals surface area contributed by atoms with Crippen LogP contribution in [0.2, 0.25) is 0 Å². The van der Waals surface area contributed by atoms with Crippen molar-refractivity contribution in [1.82, 2.24) is 4.90 Å². The fraction of sp³-hybridized carbons (Fsp3) is 0.900. The summed E-state index contributed by atoms with van der Waals surface area (Å²) in [7, 11) is 3.26. The Balaban J connectivity index is 2.45. The summed E-state index contributed by atoms with van der Waals surface area (Å²) in [6.45, 7) is 2.25. The Hall–Kier alpha value is -0.730. The van der Waals surface area contributed by atoms with E-state index in [-0.39, 0.29) is 6.09 Å². The van der Waals surface area contributed by atoms with Crippen LogP contribution in [-0.2, 0) is 4.74 Å². The molecule has 0 heterocycles. The van der Waals surface area contributed by atoms with Gasteiger partial charge in [-0.25, -0.2) is 4.79 Å². The van der Waals surface area contributed by atoms with Crippen LogP contribution < -0.4 is 0 Å². The molecule has 0 aromatic carbocycles. The normalized spacial score (nSPS) is 28.2. The van der Waals surface area contributed by atoms with E-state index in [1.807, 2.05) is 7.05 Å². The molecule has 1 saturated carbocycles. The van der Waals surface area contributed by atoms with Gasteiger partial charge < -0.3 is 9.64 Å². The summed E-state index contributed by atoms with van der Waals surface area (Å²) in [6, 6.07) is 0.385. The number of ether oxygens (including phenoxy) is 1. The van der Waals surface area contributed by atoms with Crippen molar-refractivity contribution in [2.75, 3.05) is 14.2 Å². The first kappa shape index (κ1) is 10.4. The van der Waals surface area contributed by atoms with Crippen molar-refractivity contribution in [3.63, 3.8) is 0 Å². The molecule has 1 aliphatic rings. The molecule has 3 heteroatoms. The number of hydrogen-bond donors (Lipinski definition) is 0. The molecule has 2 atom stereocenters. The number of methoxy groups -OCH3 is 1. The van der Waals surface area contributed by atoms with E-state index >= 15 is 0 Å². The van der Waals surface area contributed by atoms with Gasteiger partial charge in [0.25, 0.3) is 0 Å². The van der Waals surface area contributed by atoms with Gasteiger partial charge in [-0.1, -0.05) is 19.8 Å². The van der Waals surface area contributed by atoms with Crippen LogP contribution in [0.3, 0.4) is 0 Å². The third-order valence-corrected chi connectivity index (χ3v) is 2.92. The van der Waals surface area contributed by atoms with Gasteiger partial charge in [0.15, 0.2) is 0 Å². The van der Waals surface area contributed by atoms with Gasteiger partial charge >= 0.3 is 6.09 Å². The molecule has 1 amide bonds. The topological polar surface area (TPSA) is 29.5 Å². The van der Waals surface area contributed by atoms with Gasteiger partial charge in [-0.15, -0.1) is 0 Å². The number of rotatable bonds is 1. The third-order valence-electron chi connectivity index (χ3n) is 2.92. The third kappa shape index (κ3) is 2.61. The van der Waals surface area contributed by atoms with E-state index in [1.54, 1.807) is 4.90 Å². The first-order valence-electron chi connectivity index (χ1n) is 4.96. The Bertz CT molecular complexity index is 182. The maximum Gasteiger partial charge on any atom is 0.409 e. The summed E-state index contributed by atoms with van der Waals surface area (Å²) in [6.07, 6.45) is 4.55. The first-order chi connectivity index (χ1) is 6.15. The molecule has 0 aromatic heterocycles. The Labute approximate surface area is 80.1 Å². The predicted molar refractivity (Wildman–Crippen MR) is 51.6 cm³/mol. The van der Waals surface area contributed by atoms with Crippen LogP contribution in [0.25, 0.3) is 0 Å². The maximum atomic E-state index is 11.2. The molecule has 1 rings (SSSR count). The molecule has 0 radical (unpaired) electrons. The van der Waals surface area contributed by atoms with Crippen molar-refractivity contribution >= 4 is 6.09 Å². The van der Waals surface area contributed by atoms with E-state index in [4.69, 9.17) is 0 Å². The van der Waals surface area contributed by atoms with Gasteiger partial charge in [-0.3, -0.25) is 0 Å². The lowest BCUT2D eigenvalue weighted by molar-refractivity contribution is 0.101. The second-order valence-corrected chi connectivity index (χ2v) is 4.01. The molecule has 13 heavy (non-hydrogen) atoms. The number of hydrogen-bond acceptors (Lipinski definition) is 2. The SMILES string of the molecule is COC(=O)N(C)C1CCCC(C)C1. The van der Waals surface area contributed by atoms with Crippen LogP contribution in [0.4, 0.5) is 4.79 Å². The van der Waals surface area contributed by atoms with Crippen LogP contribution in [-0.4, -0.2) is 31.2 Å². The lowest BCUT2D eigenvalue weighted by atomic mass is 9.86. The van der Waals surface area contributed by atoms with E-state index in [0.717, 1.165) is 18.8 Å². The van der Waals surface area contributed by atoms with Crippen molar-refractivity contribution < 1.29 is 9.53 Å². The zero-order chi connectivity index (χ0) is 9.84. The lowest BCUT2D eigenvalue weighted by Crippen LogP contribution is -2.39. The fourth-order valence-electron chi connectivity index (χ4n) is 2.05. The summed E-state index contributed by atoms with van der Waals surface area (Å²) in [5.41, 5.74) is 0. The van der Waals surface area contributed by atoms with Crippen LogP contribution in [0.1, 0.15) is 32.6 Å². The van der Waals surface area contributed by atoms with E-state index in [0.29, 0.717) is 6.04 Å². The fourth-order valence-corrected chi connectivity index (χ4v) is 2.05. The molecular weight excluding hydrogens is 166 g/mol. The van der Waals surface area contributed by atoms with Gasteiger partial charge in [0.2, 0.25) is 0 Å². The van der Waals surface area contributed by atoms with Crippen LogP contribution in [0.5, 0.6) is 0 Å². The zero-order valence-corrected chi connectivity index (χ0v) is 8.75. The Morgan fingerprint density at radius 1 is 1.46 bits per heavy atom. The molecule has 0 bridgehead atoms. The van der Waals surface area contributed by atoms with Gasteiger partial charge in [-0.05, 0) is 18.8 Å². The average molecular weight is 185 g/mol. The molecule has 0 aliphatic heterocycles. The van der Waals surface area contributed by atoms with Gasteiger partial charge in [0.1, 0.15) is 0 Å². The van der Waals surface area contributed by atoms with Crippen molar-refractivity contribution in [2.24, 2.45) is 5.92 Å². The average Bonchev–Trinajstić information content (AvgIpc) is 2.15. The number of carbonyl (C=O) groups excluding carboxylic acids is 1. The van der Waals surface area contributed by atoms with Gasteiger partial charge in [0.05, 0.1) is 7.11 Å². The first-order valence-corrected chi connectivity index (χ1v) is 4.96. The highest BCUT2D eigenvalue weighted by Gasteiger charge is 2.25. The number of amides is 1. The molecule has 0 N–H and O–H groups in total. The predicted octanol–water partition coefficient (Wildman–Crippen LogP) is 2.26. The molecule has 76 valence electrons. The Kier molecular flexibility index (Phi) is 3.58.